The minimum atomic E-state index is -3.62. The molecule has 178 valence electrons. The van der Waals surface area contributed by atoms with Crippen molar-refractivity contribution in [1.29, 1.82) is 0 Å². The molecule has 0 fully saturated rings. The number of rotatable bonds is 7. The van der Waals surface area contributed by atoms with Gasteiger partial charge in [-0.3, -0.25) is 19.1 Å². The summed E-state index contributed by atoms with van der Waals surface area (Å²) >= 11 is 0. The van der Waals surface area contributed by atoms with Gasteiger partial charge in [0, 0.05) is 66.2 Å². The fraction of sp³-hybridized carbons (Fsp3) is 0.200. The summed E-state index contributed by atoms with van der Waals surface area (Å²) in [5, 5.41) is 9.98. The molecule has 10 heteroatoms. The highest BCUT2D eigenvalue weighted by molar-refractivity contribution is 7.88. The molecule has 35 heavy (non-hydrogen) atoms. The average Bonchev–Trinajstić information content (AvgIpc) is 3.47. The van der Waals surface area contributed by atoms with Crippen molar-refractivity contribution in [3.05, 3.63) is 88.7 Å². The molecule has 0 amide bonds. The first-order valence-electron chi connectivity index (χ1n) is 11.1. The lowest BCUT2D eigenvalue weighted by molar-refractivity contribution is 0.580. The number of aromatic nitrogens is 5. The SMILES string of the molecule is CCn1cc(CNS(=O)(=O)Cc2ccc3ccc4ncc(-c5cnn(C)c5)cc4c(=O)c3c2)cn1. The van der Waals surface area contributed by atoms with Gasteiger partial charge in [-0.1, -0.05) is 18.2 Å². The van der Waals surface area contributed by atoms with Gasteiger partial charge < -0.3 is 0 Å². The maximum Gasteiger partial charge on any atom is 0.216 e. The fourth-order valence-corrected chi connectivity index (χ4v) is 5.11. The van der Waals surface area contributed by atoms with Crippen LogP contribution >= 0.6 is 0 Å². The number of hydrogen-bond donors (Lipinski definition) is 1. The molecule has 5 aromatic rings. The highest BCUT2D eigenvalue weighted by Gasteiger charge is 2.14. The molecule has 0 radical (unpaired) electrons. The van der Waals surface area contributed by atoms with Crippen LogP contribution in [0.1, 0.15) is 18.1 Å². The zero-order chi connectivity index (χ0) is 24.6. The molecule has 0 aliphatic heterocycles. The summed E-state index contributed by atoms with van der Waals surface area (Å²) in [6.45, 7) is 2.84. The number of fused-ring (bicyclic) bond motifs is 2. The molecule has 5 rings (SSSR count). The average molecular weight is 489 g/mol. The summed E-state index contributed by atoms with van der Waals surface area (Å²) in [7, 11) is -1.80. The van der Waals surface area contributed by atoms with Gasteiger partial charge in [-0.15, -0.1) is 0 Å². The van der Waals surface area contributed by atoms with E-state index >= 15 is 0 Å². The Morgan fingerprint density at radius 1 is 0.914 bits per heavy atom. The minimum Gasteiger partial charge on any atom is -0.289 e. The second kappa shape index (κ2) is 9.05. The summed E-state index contributed by atoms with van der Waals surface area (Å²) < 4.78 is 31.5. The largest absolute Gasteiger partial charge is 0.289 e. The van der Waals surface area contributed by atoms with Gasteiger partial charge in [-0.05, 0) is 36.1 Å². The summed E-state index contributed by atoms with van der Waals surface area (Å²) in [4.78, 5) is 18.0. The summed E-state index contributed by atoms with van der Waals surface area (Å²) in [6, 6.07) is 10.6. The highest BCUT2D eigenvalue weighted by Crippen LogP contribution is 2.22. The summed E-state index contributed by atoms with van der Waals surface area (Å²) in [5.74, 6) is -0.236. The highest BCUT2D eigenvalue weighted by atomic mass is 32.2. The number of pyridine rings is 1. The van der Waals surface area contributed by atoms with E-state index in [9.17, 15) is 13.2 Å². The Hall–Kier alpha value is -3.89. The van der Waals surface area contributed by atoms with Crippen LogP contribution in [0.25, 0.3) is 32.8 Å². The molecule has 3 aromatic heterocycles. The maximum atomic E-state index is 13.5. The van der Waals surface area contributed by atoms with Gasteiger partial charge >= 0.3 is 0 Å². The van der Waals surface area contributed by atoms with Crippen LogP contribution in [0.5, 0.6) is 0 Å². The van der Waals surface area contributed by atoms with Crippen LogP contribution in [0.4, 0.5) is 0 Å². The van der Waals surface area contributed by atoms with Crippen LogP contribution < -0.4 is 10.2 Å². The molecular formula is C25H24N6O3S. The third-order valence-electron chi connectivity index (χ3n) is 5.85. The lowest BCUT2D eigenvalue weighted by Crippen LogP contribution is -2.24. The topological polar surface area (TPSA) is 112 Å². The Kier molecular flexibility index (Phi) is 5.91. The molecule has 2 aromatic carbocycles. The van der Waals surface area contributed by atoms with Crippen LogP contribution in [0, 0.1) is 0 Å². The second-order valence-electron chi connectivity index (χ2n) is 8.43. The molecule has 0 aliphatic rings. The molecule has 0 bridgehead atoms. The first-order valence-corrected chi connectivity index (χ1v) is 12.8. The van der Waals surface area contributed by atoms with E-state index in [-0.39, 0.29) is 17.7 Å². The predicted octanol–water partition coefficient (Wildman–Crippen LogP) is 2.98. The van der Waals surface area contributed by atoms with E-state index < -0.39 is 10.0 Å². The van der Waals surface area contributed by atoms with E-state index in [2.05, 4.69) is 19.9 Å². The molecule has 0 saturated carbocycles. The molecule has 0 saturated heterocycles. The lowest BCUT2D eigenvalue weighted by atomic mass is 10.1. The molecule has 0 unspecified atom stereocenters. The van der Waals surface area contributed by atoms with Crippen molar-refractivity contribution >= 4 is 31.7 Å². The smallest absolute Gasteiger partial charge is 0.216 e. The monoisotopic (exact) mass is 488 g/mol. The molecule has 1 N–H and O–H groups in total. The number of nitrogens with one attached hydrogen (secondary N) is 1. The molecule has 0 aliphatic carbocycles. The van der Waals surface area contributed by atoms with Crippen LogP contribution in [-0.4, -0.2) is 33.0 Å². The van der Waals surface area contributed by atoms with Crippen molar-refractivity contribution in [2.45, 2.75) is 25.8 Å². The van der Waals surface area contributed by atoms with Crippen molar-refractivity contribution in [2.75, 3.05) is 0 Å². The predicted molar refractivity (Wildman–Crippen MR) is 135 cm³/mol. The van der Waals surface area contributed by atoms with Crippen molar-refractivity contribution in [3.63, 3.8) is 0 Å². The lowest BCUT2D eigenvalue weighted by Gasteiger charge is -2.06. The Morgan fingerprint density at radius 3 is 2.49 bits per heavy atom. The number of aryl methyl sites for hydroxylation is 2. The van der Waals surface area contributed by atoms with Crippen molar-refractivity contribution in [3.8, 4) is 11.1 Å². The molecule has 0 spiro atoms. The van der Waals surface area contributed by atoms with Crippen LogP contribution in [-0.2, 0) is 35.9 Å². The van der Waals surface area contributed by atoms with Crippen LogP contribution in [0.2, 0.25) is 0 Å². The first kappa shape index (κ1) is 22.9. The quantitative estimate of drug-likeness (QED) is 0.377. The summed E-state index contributed by atoms with van der Waals surface area (Å²) in [6.07, 6.45) is 8.75. The Morgan fingerprint density at radius 2 is 1.74 bits per heavy atom. The first-order chi connectivity index (χ1) is 16.8. The normalized spacial score (nSPS) is 11.9. The fourth-order valence-electron chi connectivity index (χ4n) is 4.00. The number of sulfonamides is 1. The molecule has 3 heterocycles. The minimum absolute atomic E-state index is 0.158. The number of nitrogens with zero attached hydrogens (tertiary/aromatic N) is 5. The van der Waals surface area contributed by atoms with E-state index in [1.54, 1.807) is 58.4 Å². The van der Waals surface area contributed by atoms with Gasteiger partial charge in [0.2, 0.25) is 10.0 Å². The second-order valence-corrected chi connectivity index (χ2v) is 10.2. The third kappa shape index (κ3) is 4.84. The van der Waals surface area contributed by atoms with Crippen molar-refractivity contribution in [2.24, 2.45) is 7.05 Å². The standard InChI is InChI=1S/C25H24N6O3S/c1-3-31-14-18(10-28-31)11-29-35(33,34)16-17-4-5-19-6-7-24-23(25(32)22(19)8-17)9-20(12-26-24)21-13-27-30(2)15-21/h4-10,12-15,29H,3,11,16H2,1-2H3. The molecule has 0 atom stereocenters. The van der Waals surface area contributed by atoms with Gasteiger partial charge in [0.15, 0.2) is 5.43 Å². The van der Waals surface area contributed by atoms with Crippen LogP contribution in [0.3, 0.4) is 0 Å². The Bertz CT molecular complexity index is 1720. The number of benzene rings is 1. The van der Waals surface area contributed by atoms with E-state index in [1.165, 1.54) is 0 Å². The van der Waals surface area contributed by atoms with Gasteiger partial charge in [0.1, 0.15) is 0 Å². The number of hydrogen-bond acceptors (Lipinski definition) is 6. The zero-order valence-electron chi connectivity index (χ0n) is 19.3. The van der Waals surface area contributed by atoms with Gasteiger partial charge in [0.25, 0.3) is 0 Å². The van der Waals surface area contributed by atoms with E-state index in [1.807, 2.05) is 32.3 Å². The van der Waals surface area contributed by atoms with Crippen LogP contribution in [0.15, 0.2) is 72.2 Å². The van der Waals surface area contributed by atoms with Crippen molar-refractivity contribution in [1.82, 2.24) is 29.3 Å². The van der Waals surface area contributed by atoms with Gasteiger partial charge in [0.05, 0.1) is 23.7 Å². The Labute approximate surface area is 202 Å². The van der Waals surface area contributed by atoms with E-state index in [0.29, 0.717) is 28.4 Å². The van der Waals surface area contributed by atoms with Gasteiger partial charge in [-0.25, -0.2) is 13.1 Å². The van der Waals surface area contributed by atoms with Crippen molar-refractivity contribution < 1.29 is 8.42 Å². The maximum absolute atomic E-state index is 13.5. The molecular weight excluding hydrogens is 464 g/mol. The Balaban J connectivity index is 1.48. The van der Waals surface area contributed by atoms with E-state index in [0.717, 1.165) is 22.1 Å². The third-order valence-corrected chi connectivity index (χ3v) is 7.15. The van der Waals surface area contributed by atoms with E-state index in [4.69, 9.17) is 0 Å². The van der Waals surface area contributed by atoms with Gasteiger partial charge in [-0.2, -0.15) is 10.2 Å². The molecule has 9 nitrogen and oxygen atoms in total. The summed E-state index contributed by atoms with van der Waals surface area (Å²) in [5.41, 5.74) is 3.34. The zero-order valence-corrected chi connectivity index (χ0v) is 20.2.